The Morgan fingerprint density at radius 1 is 1.32 bits per heavy atom. The minimum atomic E-state index is -3.64. The third-order valence-electron chi connectivity index (χ3n) is 3.28. The maximum atomic E-state index is 12.0. The van der Waals surface area contributed by atoms with Crippen LogP contribution < -0.4 is 13.8 Å². The molecule has 1 aromatic rings. The molecule has 0 aromatic heterocycles. The minimum absolute atomic E-state index is 0.102. The van der Waals surface area contributed by atoms with E-state index >= 15 is 0 Å². The lowest BCUT2D eigenvalue weighted by molar-refractivity contribution is 0.416. The number of sulfonamides is 1. The second kappa shape index (κ2) is 5.94. The molecule has 0 aliphatic carbocycles. The van der Waals surface area contributed by atoms with Gasteiger partial charge in [-0.2, -0.15) is 12.7 Å². The van der Waals surface area contributed by atoms with Crippen molar-refractivity contribution >= 4 is 31.6 Å². The number of anilines is 2. The zero-order chi connectivity index (χ0) is 16.5. The van der Waals surface area contributed by atoms with Gasteiger partial charge >= 0.3 is 10.2 Å². The fourth-order valence-electron chi connectivity index (χ4n) is 2.10. The number of rotatable bonds is 5. The van der Waals surface area contributed by atoms with Crippen LogP contribution in [-0.4, -0.2) is 54.6 Å². The summed E-state index contributed by atoms with van der Waals surface area (Å²) in [6, 6.07) is 4.51. The van der Waals surface area contributed by atoms with Gasteiger partial charge in [0.05, 0.1) is 24.2 Å². The lowest BCUT2D eigenvalue weighted by Crippen LogP contribution is -2.29. The van der Waals surface area contributed by atoms with Gasteiger partial charge in [-0.05, 0) is 18.6 Å². The summed E-state index contributed by atoms with van der Waals surface area (Å²) >= 11 is 0. The first-order valence-electron chi connectivity index (χ1n) is 6.56. The van der Waals surface area contributed by atoms with Gasteiger partial charge in [0, 0.05) is 26.7 Å². The van der Waals surface area contributed by atoms with E-state index in [-0.39, 0.29) is 5.75 Å². The number of benzene rings is 1. The molecule has 0 spiro atoms. The summed E-state index contributed by atoms with van der Waals surface area (Å²) in [7, 11) is -2.74. The summed E-state index contributed by atoms with van der Waals surface area (Å²) in [6.07, 6.45) is 0.556. The highest BCUT2D eigenvalue weighted by Crippen LogP contribution is 2.35. The third kappa shape index (κ3) is 3.28. The van der Waals surface area contributed by atoms with Gasteiger partial charge in [-0.25, -0.2) is 8.42 Å². The Kier molecular flexibility index (Phi) is 4.54. The predicted octanol–water partition coefficient (Wildman–Crippen LogP) is 0.453. The lowest BCUT2D eigenvalue weighted by Gasteiger charge is -2.21. The Bertz CT molecular complexity index is 759. The Morgan fingerprint density at radius 2 is 2.00 bits per heavy atom. The van der Waals surface area contributed by atoms with Gasteiger partial charge in [0.15, 0.2) is 0 Å². The molecule has 0 unspecified atom stereocenters. The molecule has 8 nitrogen and oxygen atoms in total. The largest absolute Gasteiger partial charge is 0.494 e. The van der Waals surface area contributed by atoms with Crippen molar-refractivity contribution in [3.8, 4) is 5.75 Å². The summed E-state index contributed by atoms with van der Waals surface area (Å²) in [5.41, 5.74) is 0.707. The quantitative estimate of drug-likeness (QED) is 0.833. The van der Waals surface area contributed by atoms with Crippen molar-refractivity contribution in [1.29, 1.82) is 0 Å². The van der Waals surface area contributed by atoms with E-state index in [1.165, 1.54) is 43.7 Å². The van der Waals surface area contributed by atoms with Crippen LogP contribution in [0, 0.1) is 0 Å². The smallest absolute Gasteiger partial charge is 0.301 e. The second-order valence-electron chi connectivity index (χ2n) is 5.02. The van der Waals surface area contributed by atoms with Crippen LogP contribution in [-0.2, 0) is 20.2 Å². The number of hydrogen-bond donors (Lipinski definition) is 1. The molecule has 0 atom stereocenters. The number of ether oxygens (including phenoxy) is 1. The molecular formula is C12H19N3O5S2. The zero-order valence-electron chi connectivity index (χ0n) is 12.6. The molecule has 1 aromatic carbocycles. The number of methoxy groups -OCH3 is 1. The summed E-state index contributed by atoms with van der Waals surface area (Å²) in [5, 5.41) is 0. The molecule has 2 rings (SSSR count). The minimum Gasteiger partial charge on any atom is -0.494 e. The Morgan fingerprint density at radius 3 is 2.50 bits per heavy atom. The molecule has 1 aliphatic heterocycles. The van der Waals surface area contributed by atoms with Crippen molar-refractivity contribution in [3.63, 3.8) is 0 Å². The highest BCUT2D eigenvalue weighted by molar-refractivity contribution is 7.93. The first kappa shape index (κ1) is 16.8. The first-order valence-corrected chi connectivity index (χ1v) is 9.61. The molecule has 22 heavy (non-hydrogen) atoms. The van der Waals surface area contributed by atoms with Crippen LogP contribution in [0.15, 0.2) is 18.2 Å². The van der Waals surface area contributed by atoms with Crippen molar-refractivity contribution < 1.29 is 21.6 Å². The molecular weight excluding hydrogens is 330 g/mol. The lowest BCUT2D eigenvalue weighted by atomic mass is 10.2. The topological polar surface area (TPSA) is 96.0 Å². The molecule has 0 saturated carbocycles. The molecule has 0 bridgehead atoms. The molecule has 1 fully saturated rings. The van der Waals surface area contributed by atoms with Crippen LogP contribution in [0.4, 0.5) is 11.4 Å². The average molecular weight is 349 g/mol. The van der Waals surface area contributed by atoms with Crippen molar-refractivity contribution in [1.82, 2.24) is 4.31 Å². The number of nitrogens with zero attached hydrogens (tertiary/aromatic N) is 2. The van der Waals surface area contributed by atoms with Crippen LogP contribution in [0.5, 0.6) is 5.75 Å². The van der Waals surface area contributed by atoms with Gasteiger partial charge in [0.2, 0.25) is 10.0 Å². The van der Waals surface area contributed by atoms with Gasteiger partial charge < -0.3 is 4.74 Å². The van der Waals surface area contributed by atoms with Crippen molar-refractivity contribution in [2.24, 2.45) is 0 Å². The molecule has 0 amide bonds. The average Bonchev–Trinajstić information content (AvgIpc) is 2.77. The van der Waals surface area contributed by atoms with Crippen LogP contribution >= 0.6 is 0 Å². The number of hydrogen-bond acceptors (Lipinski definition) is 5. The second-order valence-corrected chi connectivity index (χ2v) is 8.92. The fraction of sp³-hybridized carbons (Fsp3) is 0.500. The maximum absolute atomic E-state index is 12.0. The van der Waals surface area contributed by atoms with E-state index in [0.717, 1.165) is 4.31 Å². The van der Waals surface area contributed by atoms with Crippen molar-refractivity contribution in [2.75, 3.05) is 42.5 Å². The van der Waals surface area contributed by atoms with E-state index in [0.29, 0.717) is 30.1 Å². The van der Waals surface area contributed by atoms with Gasteiger partial charge in [-0.15, -0.1) is 0 Å². The summed E-state index contributed by atoms with van der Waals surface area (Å²) in [5.74, 6) is 0.398. The molecule has 1 aliphatic rings. The first-order chi connectivity index (χ1) is 10.2. The molecule has 1 saturated heterocycles. The molecule has 1 heterocycles. The molecule has 0 radical (unpaired) electrons. The Hall–Kier alpha value is -1.52. The predicted molar refractivity (Wildman–Crippen MR) is 85.0 cm³/mol. The highest BCUT2D eigenvalue weighted by Gasteiger charge is 2.30. The van der Waals surface area contributed by atoms with Crippen LogP contribution in [0.1, 0.15) is 6.42 Å². The van der Waals surface area contributed by atoms with Gasteiger partial charge in [0.25, 0.3) is 0 Å². The molecule has 124 valence electrons. The van der Waals surface area contributed by atoms with Crippen LogP contribution in [0.25, 0.3) is 0 Å². The van der Waals surface area contributed by atoms with E-state index in [9.17, 15) is 16.8 Å². The standard InChI is InChI=1S/C12H19N3O5S2/c1-14(2)22(18,19)13-10-5-6-11(12(9-10)20-3)15-7-4-8-21(15,16)17/h5-6,9,13H,4,7-8H2,1-3H3. The van der Waals surface area contributed by atoms with Crippen LogP contribution in [0.2, 0.25) is 0 Å². The fourth-order valence-corrected chi connectivity index (χ4v) is 4.28. The molecule has 10 heteroatoms. The van der Waals surface area contributed by atoms with Crippen molar-refractivity contribution in [2.45, 2.75) is 6.42 Å². The SMILES string of the molecule is COc1cc(NS(=O)(=O)N(C)C)ccc1N1CCCS1(=O)=O. The summed E-state index contributed by atoms with van der Waals surface area (Å²) in [6.45, 7) is 0.390. The highest BCUT2D eigenvalue weighted by atomic mass is 32.2. The summed E-state index contributed by atoms with van der Waals surface area (Å²) in [4.78, 5) is 0. The third-order valence-corrected chi connectivity index (χ3v) is 6.59. The Labute approximate surface area is 130 Å². The van der Waals surface area contributed by atoms with Crippen LogP contribution in [0.3, 0.4) is 0 Å². The molecule has 1 N–H and O–H groups in total. The normalized spacial score (nSPS) is 17.7. The van der Waals surface area contributed by atoms with Gasteiger partial charge in [-0.1, -0.05) is 0 Å². The van der Waals surface area contributed by atoms with Gasteiger partial charge in [0.1, 0.15) is 5.75 Å². The number of nitrogens with one attached hydrogen (secondary N) is 1. The van der Waals surface area contributed by atoms with E-state index in [1.807, 2.05) is 0 Å². The summed E-state index contributed by atoms with van der Waals surface area (Å²) < 4.78 is 57.5. The van der Waals surface area contributed by atoms with E-state index in [1.54, 1.807) is 0 Å². The zero-order valence-corrected chi connectivity index (χ0v) is 14.2. The van der Waals surface area contributed by atoms with E-state index < -0.39 is 20.2 Å². The maximum Gasteiger partial charge on any atom is 0.301 e. The van der Waals surface area contributed by atoms with E-state index in [2.05, 4.69) is 4.72 Å². The Balaban J connectivity index is 2.37. The van der Waals surface area contributed by atoms with Gasteiger partial charge in [-0.3, -0.25) is 9.03 Å². The monoisotopic (exact) mass is 349 g/mol. The van der Waals surface area contributed by atoms with Crippen molar-refractivity contribution in [3.05, 3.63) is 18.2 Å². The van der Waals surface area contributed by atoms with E-state index in [4.69, 9.17) is 4.74 Å².